The maximum Gasteiger partial charge on any atom is 0.307 e. The van der Waals surface area contributed by atoms with Crippen LogP contribution in [0.4, 0.5) is 5.69 Å². The van der Waals surface area contributed by atoms with Gasteiger partial charge in [0, 0.05) is 47.6 Å². The molecule has 0 radical (unpaired) electrons. The number of pyridine rings is 1. The van der Waals surface area contributed by atoms with E-state index < -0.39 is 11.6 Å². The molecule has 1 amide bonds. The van der Waals surface area contributed by atoms with E-state index in [4.69, 9.17) is 21.7 Å². The molecule has 2 N–H and O–H groups in total. The predicted octanol–water partition coefficient (Wildman–Crippen LogP) is 8.04. The smallest absolute Gasteiger partial charge is 0.307 e. The lowest BCUT2D eigenvalue weighted by molar-refractivity contribution is -0.136. The summed E-state index contributed by atoms with van der Waals surface area (Å²) in [6.07, 6.45) is 1.68. The van der Waals surface area contributed by atoms with Gasteiger partial charge in [-0.05, 0) is 86.8 Å². The van der Waals surface area contributed by atoms with Crippen LogP contribution in [0.25, 0.3) is 43.2 Å². The molecule has 0 aliphatic heterocycles. The van der Waals surface area contributed by atoms with Crippen molar-refractivity contribution in [3.63, 3.8) is 0 Å². The van der Waals surface area contributed by atoms with Gasteiger partial charge in [-0.3, -0.25) is 14.6 Å². The minimum Gasteiger partial charge on any atom is -0.481 e. The molecule has 0 fully saturated rings. The summed E-state index contributed by atoms with van der Waals surface area (Å²) in [7, 11) is 1.74. The van der Waals surface area contributed by atoms with Gasteiger partial charge in [-0.1, -0.05) is 35.9 Å². The molecule has 0 spiro atoms. The number of rotatable bonds is 6. The number of hydrogen-bond donors (Lipinski definition) is 2. The van der Waals surface area contributed by atoms with Crippen LogP contribution in [0.3, 0.4) is 0 Å². The number of nitrogens with zero attached hydrogens (tertiary/aromatic N) is 3. The van der Waals surface area contributed by atoms with E-state index in [2.05, 4.69) is 4.98 Å². The molecule has 222 valence electrons. The normalized spacial score (nSPS) is 11.2. The van der Waals surface area contributed by atoms with Gasteiger partial charge in [0.15, 0.2) is 0 Å². The molecule has 0 saturated carbocycles. The Morgan fingerprint density at radius 1 is 0.953 bits per heavy atom. The summed E-state index contributed by atoms with van der Waals surface area (Å²) in [4.78, 5) is 34.5. The maximum absolute atomic E-state index is 11.7. The van der Waals surface area contributed by atoms with Gasteiger partial charge >= 0.3 is 5.97 Å². The number of carbonyl (C=O) groups excluding carboxylic acids is 1. The third kappa shape index (κ3) is 8.04. The van der Waals surface area contributed by atoms with Gasteiger partial charge in [0.25, 0.3) is 0 Å². The van der Waals surface area contributed by atoms with Crippen molar-refractivity contribution in [2.24, 2.45) is 0 Å². The van der Waals surface area contributed by atoms with Crippen molar-refractivity contribution in [2.45, 2.75) is 46.6 Å². The zero-order valence-electron chi connectivity index (χ0n) is 25.0. The number of aliphatic hydroxyl groups is 1. The van der Waals surface area contributed by atoms with Crippen LogP contribution in [-0.4, -0.2) is 44.7 Å². The Morgan fingerprint density at radius 2 is 1.56 bits per heavy atom. The summed E-state index contributed by atoms with van der Waals surface area (Å²) < 4.78 is 0.930. The monoisotopic (exact) mass is 615 g/mol. The van der Waals surface area contributed by atoms with E-state index in [1.165, 1.54) is 18.3 Å². The molecule has 9 heteroatoms. The molecular weight excluding hydrogens is 582 g/mol. The molecule has 2 heterocycles. The van der Waals surface area contributed by atoms with Crippen LogP contribution in [0.5, 0.6) is 0 Å². The topological polar surface area (TPSA) is 104 Å². The summed E-state index contributed by atoms with van der Waals surface area (Å²) in [6, 6.07) is 21.0. The number of aryl methyl sites for hydroxylation is 1. The first-order chi connectivity index (χ1) is 20.2. The van der Waals surface area contributed by atoms with Gasteiger partial charge in [0.1, 0.15) is 5.01 Å². The fourth-order valence-corrected chi connectivity index (χ4v) is 5.68. The van der Waals surface area contributed by atoms with Crippen LogP contribution in [0.1, 0.15) is 38.8 Å². The van der Waals surface area contributed by atoms with Crippen LogP contribution >= 0.6 is 22.9 Å². The van der Waals surface area contributed by atoms with Crippen LogP contribution in [-0.2, 0) is 16.0 Å². The van der Waals surface area contributed by atoms with E-state index >= 15 is 0 Å². The zero-order valence-corrected chi connectivity index (χ0v) is 26.5. The Morgan fingerprint density at radius 3 is 2.14 bits per heavy atom. The number of thiazole rings is 1. The highest BCUT2D eigenvalue weighted by molar-refractivity contribution is 7.22. The number of carboxylic acid groups (broad SMARTS) is 1. The predicted molar refractivity (Wildman–Crippen MR) is 176 cm³/mol. The molecule has 0 aliphatic carbocycles. The standard InChI is InChI=1S/C30H24ClN3O3S.C4H10O/c1-17-14-26-29(28(24(17)16-27(36)37)20-4-8-22(31)9-5-20)38-30(33-26)21-12-13-32-25(15-21)19-6-10-23(11-7-19)34(3)18(2)35;1-4(2,3)5/h4-15H,16H2,1-3H3,(H,36,37);5H,1-3H3. The van der Waals surface area contributed by atoms with Crippen LogP contribution in [0.2, 0.25) is 5.02 Å². The second-order valence-corrected chi connectivity index (χ2v) is 12.7. The molecule has 5 rings (SSSR count). The number of carboxylic acids is 1. The summed E-state index contributed by atoms with van der Waals surface area (Å²) in [5, 5.41) is 19.6. The molecule has 0 saturated heterocycles. The van der Waals surface area contributed by atoms with Gasteiger partial charge in [0.2, 0.25) is 5.91 Å². The van der Waals surface area contributed by atoms with Crippen molar-refractivity contribution in [3.8, 4) is 33.0 Å². The maximum atomic E-state index is 11.7. The van der Waals surface area contributed by atoms with Crippen LogP contribution in [0, 0.1) is 6.92 Å². The summed E-state index contributed by atoms with van der Waals surface area (Å²) >= 11 is 7.66. The minimum atomic E-state index is -0.883. The Bertz CT molecular complexity index is 1770. The summed E-state index contributed by atoms with van der Waals surface area (Å²) in [6.45, 7) is 8.68. The van der Waals surface area contributed by atoms with Crippen molar-refractivity contribution in [2.75, 3.05) is 11.9 Å². The van der Waals surface area contributed by atoms with E-state index in [-0.39, 0.29) is 12.3 Å². The van der Waals surface area contributed by atoms with Crippen molar-refractivity contribution in [1.82, 2.24) is 9.97 Å². The first-order valence-electron chi connectivity index (χ1n) is 13.7. The number of hydrogen-bond acceptors (Lipinski definition) is 6. The Labute approximate surface area is 260 Å². The average molecular weight is 616 g/mol. The van der Waals surface area contributed by atoms with E-state index in [1.54, 1.807) is 38.9 Å². The summed E-state index contributed by atoms with van der Waals surface area (Å²) in [5.74, 6) is -0.917. The highest BCUT2D eigenvalue weighted by Crippen LogP contribution is 2.41. The average Bonchev–Trinajstić information content (AvgIpc) is 3.36. The Hall–Kier alpha value is -4.11. The van der Waals surface area contributed by atoms with Gasteiger partial charge in [-0.15, -0.1) is 11.3 Å². The number of anilines is 1. The Kier molecular flexibility index (Phi) is 9.65. The molecule has 0 unspecified atom stereocenters. The third-order valence-corrected chi connectivity index (χ3v) is 7.89. The summed E-state index contributed by atoms with van der Waals surface area (Å²) in [5.41, 5.74) is 7.20. The fourth-order valence-electron chi connectivity index (χ4n) is 4.42. The second-order valence-electron chi connectivity index (χ2n) is 11.2. The molecule has 43 heavy (non-hydrogen) atoms. The first kappa shape index (κ1) is 31.8. The fraction of sp³-hybridized carbons (Fsp3) is 0.235. The van der Waals surface area contributed by atoms with Crippen LogP contribution in [0.15, 0.2) is 72.9 Å². The second kappa shape index (κ2) is 13.0. The van der Waals surface area contributed by atoms with Gasteiger partial charge < -0.3 is 15.1 Å². The quantitative estimate of drug-likeness (QED) is 0.200. The molecule has 0 aliphatic rings. The number of carbonyl (C=O) groups is 2. The lowest BCUT2D eigenvalue weighted by Gasteiger charge is -2.15. The lowest BCUT2D eigenvalue weighted by Crippen LogP contribution is -2.22. The van der Waals surface area contributed by atoms with E-state index in [9.17, 15) is 14.7 Å². The largest absolute Gasteiger partial charge is 0.481 e. The van der Waals surface area contributed by atoms with Gasteiger partial charge in [-0.2, -0.15) is 0 Å². The molecular formula is C34H34ClN3O4S. The van der Waals surface area contributed by atoms with Crippen molar-refractivity contribution >= 4 is 50.7 Å². The first-order valence-corrected chi connectivity index (χ1v) is 14.8. The number of amides is 1. The number of halogens is 1. The van der Waals surface area contributed by atoms with Crippen molar-refractivity contribution in [1.29, 1.82) is 0 Å². The minimum absolute atomic E-state index is 0.0339. The molecule has 2 aromatic heterocycles. The Balaban J connectivity index is 0.000000782. The van der Waals surface area contributed by atoms with Crippen molar-refractivity contribution < 1.29 is 19.8 Å². The SMILES string of the molecule is CC(=O)N(C)c1ccc(-c2cc(-c3nc4cc(C)c(CC(=O)O)c(-c5ccc(Cl)cc5)c4s3)ccn2)cc1.CC(C)(C)O. The van der Waals surface area contributed by atoms with E-state index in [0.717, 1.165) is 60.0 Å². The lowest BCUT2D eigenvalue weighted by atomic mass is 9.93. The highest BCUT2D eigenvalue weighted by Gasteiger charge is 2.20. The van der Waals surface area contributed by atoms with Crippen LogP contribution < -0.4 is 4.90 Å². The molecule has 3 aromatic carbocycles. The molecule has 0 bridgehead atoms. The zero-order chi connectivity index (χ0) is 31.5. The number of aliphatic carboxylic acids is 1. The third-order valence-electron chi connectivity index (χ3n) is 6.50. The van der Waals surface area contributed by atoms with Gasteiger partial charge in [-0.25, -0.2) is 4.98 Å². The number of fused-ring (bicyclic) bond motifs is 1. The number of aromatic nitrogens is 2. The van der Waals surface area contributed by atoms with Gasteiger partial charge in [0.05, 0.1) is 27.9 Å². The van der Waals surface area contributed by atoms with E-state index in [0.29, 0.717) is 5.02 Å². The van der Waals surface area contributed by atoms with Crippen molar-refractivity contribution in [3.05, 3.63) is 89.1 Å². The molecule has 5 aromatic rings. The number of benzene rings is 3. The molecule has 0 atom stereocenters. The molecule has 7 nitrogen and oxygen atoms in total. The van der Waals surface area contributed by atoms with E-state index in [1.807, 2.05) is 73.7 Å². The highest BCUT2D eigenvalue weighted by atomic mass is 35.5.